The molecule has 0 unspecified atom stereocenters. The van der Waals surface area contributed by atoms with E-state index in [4.69, 9.17) is 4.74 Å². The van der Waals surface area contributed by atoms with Gasteiger partial charge in [-0.15, -0.1) is 0 Å². The molecule has 3 rings (SSSR count). The maximum Gasteiger partial charge on any atom is 0.225 e. The van der Waals surface area contributed by atoms with Gasteiger partial charge in [0, 0.05) is 25.0 Å². The lowest BCUT2D eigenvalue weighted by Gasteiger charge is -2.33. The van der Waals surface area contributed by atoms with E-state index in [0.29, 0.717) is 17.7 Å². The molecule has 6 nitrogen and oxygen atoms in total. The number of nitrogens with one attached hydrogen (secondary N) is 1. The number of ether oxygens (including phenoxy) is 1. The summed E-state index contributed by atoms with van der Waals surface area (Å²) in [6.07, 6.45) is 8.63. The second-order valence-electron chi connectivity index (χ2n) is 5.82. The zero-order valence-electron chi connectivity index (χ0n) is 12.4. The van der Waals surface area contributed by atoms with Crippen molar-refractivity contribution in [2.45, 2.75) is 38.1 Å². The van der Waals surface area contributed by atoms with Crippen LogP contribution in [0.25, 0.3) is 0 Å². The predicted octanol–water partition coefficient (Wildman–Crippen LogP) is 1.37. The summed E-state index contributed by atoms with van der Waals surface area (Å²) in [5.74, 6) is 1.75. The van der Waals surface area contributed by atoms with Crippen molar-refractivity contribution in [2.24, 2.45) is 5.92 Å². The van der Waals surface area contributed by atoms with Crippen LogP contribution in [0, 0.1) is 5.92 Å². The quantitative estimate of drug-likeness (QED) is 0.907. The number of carbonyl (C=O) groups is 1. The molecule has 2 heterocycles. The second-order valence-corrected chi connectivity index (χ2v) is 5.82. The largest absolute Gasteiger partial charge is 0.494 e. The molecule has 0 atom stereocenters. The van der Waals surface area contributed by atoms with Gasteiger partial charge in [0.1, 0.15) is 0 Å². The van der Waals surface area contributed by atoms with Crippen molar-refractivity contribution < 1.29 is 9.53 Å². The van der Waals surface area contributed by atoms with Crippen molar-refractivity contribution in [3.63, 3.8) is 0 Å². The third-order valence-electron chi connectivity index (χ3n) is 4.45. The van der Waals surface area contributed by atoms with Gasteiger partial charge in [0.05, 0.1) is 19.5 Å². The Hall–Kier alpha value is -1.85. The maximum atomic E-state index is 12.2. The second kappa shape index (κ2) is 6.28. The van der Waals surface area contributed by atoms with Crippen molar-refractivity contribution in [3.8, 4) is 5.75 Å². The van der Waals surface area contributed by atoms with E-state index in [2.05, 4.69) is 20.2 Å². The number of methoxy groups -OCH3 is 1. The first-order chi connectivity index (χ1) is 10.3. The first kappa shape index (κ1) is 14.1. The summed E-state index contributed by atoms with van der Waals surface area (Å²) in [6, 6.07) is 0.431. The highest BCUT2D eigenvalue weighted by molar-refractivity contribution is 5.79. The number of nitrogens with zero attached hydrogens (tertiary/aromatic N) is 3. The molecule has 2 fully saturated rings. The van der Waals surface area contributed by atoms with Gasteiger partial charge in [-0.05, 0) is 32.1 Å². The van der Waals surface area contributed by atoms with Gasteiger partial charge < -0.3 is 15.0 Å². The monoisotopic (exact) mass is 290 g/mol. The average Bonchev–Trinajstić information content (AvgIpc) is 2.51. The van der Waals surface area contributed by atoms with Crippen LogP contribution in [0.3, 0.4) is 0 Å². The third kappa shape index (κ3) is 3.25. The number of rotatable bonds is 4. The molecule has 0 bridgehead atoms. The first-order valence-corrected chi connectivity index (χ1v) is 7.67. The third-order valence-corrected chi connectivity index (χ3v) is 4.45. The molecule has 21 heavy (non-hydrogen) atoms. The maximum absolute atomic E-state index is 12.2. The molecule has 0 spiro atoms. The summed E-state index contributed by atoms with van der Waals surface area (Å²) in [5, 5.41) is 3.15. The van der Waals surface area contributed by atoms with Crippen LogP contribution in [0.1, 0.15) is 32.1 Å². The number of amides is 1. The molecule has 6 heteroatoms. The Bertz CT molecular complexity index is 479. The number of carbonyl (C=O) groups excluding carboxylic acids is 1. The Labute approximate surface area is 124 Å². The van der Waals surface area contributed by atoms with E-state index >= 15 is 0 Å². The van der Waals surface area contributed by atoms with Crippen molar-refractivity contribution in [1.29, 1.82) is 0 Å². The van der Waals surface area contributed by atoms with Crippen molar-refractivity contribution in [2.75, 3.05) is 25.1 Å². The molecule has 1 aliphatic heterocycles. The summed E-state index contributed by atoms with van der Waals surface area (Å²) in [6.45, 7) is 1.66. The molecule has 1 aliphatic carbocycles. The zero-order chi connectivity index (χ0) is 14.7. The van der Waals surface area contributed by atoms with E-state index in [1.807, 2.05) is 0 Å². The number of hydrogen-bond acceptors (Lipinski definition) is 5. The summed E-state index contributed by atoms with van der Waals surface area (Å²) in [4.78, 5) is 22.9. The van der Waals surface area contributed by atoms with Gasteiger partial charge in [0.15, 0.2) is 5.75 Å². The minimum absolute atomic E-state index is 0.139. The van der Waals surface area contributed by atoms with E-state index in [-0.39, 0.29) is 11.8 Å². The molecule has 0 aromatic carbocycles. The SMILES string of the molecule is COc1cnc(N2CCC(C(=O)NC3CCC3)CC2)nc1. The molecular weight excluding hydrogens is 268 g/mol. The fourth-order valence-electron chi connectivity index (χ4n) is 2.79. The van der Waals surface area contributed by atoms with Crippen LogP contribution < -0.4 is 15.0 Å². The Balaban J connectivity index is 1.50. The van der Waals surface area contributed by atoms with Crippen molar-refractivity contribution in [3.05, 3.63) is 12.4 Å². The van der Waals surface area contributed by atoms with Crippen LogP contribution in [-0.4, -0.2) is 42.1 Å². The van der Waals surface area contributed by atoms with E-state index in [9.17, 15) is 4.79 Å². The summed E-state index contributed by atoms with van der Waals surface area (Å²) >= 11 is 0. The number of aromatic nitrogens is 2. The molecule has 114 valence electrons. The Morgan fingerprint density at radius 1 is 1.24 bits per heavy atom. The Kier molecular flexibility index (Phi) is 4.22. The highest BCUT2D eigenvalue weighted by Gasteiger charge is 2.28. The van der Waals surface area contributed by atoms with Gasteiger partial charge in [-0.3, -0.25) is 4.79 Å². The Morgan fingerprint density at radius 2 is 1.90 bits per heavy atom. The zero-order valence-corrected chi connectivity index (χ0v) is 12.4. The van der Waals surface area contributed by atoms with Crippen LogP contribution in [0.2, 0.25) is 0 Å². The molecule has 0 radical (unpaired) electrons. The molecule has 1 saturated carbocycles. The molecule has 2 aliphatic rings. The van der Waals surface area contributed by atoms with Gasteiger partial charge in [-0.2, -0.15) is 0 Å². The van der Waals surface area contributed by atoms with Crippen LogP contribution >= 0.6 is 0 Å². The van der Waals surface area contributed by atoms with Crippen molar-refractivity contribution in [1.82, 2.24) is 15.3 Å². The number of anilines is 1. The van der Waals surface area contributed by atoms with E-state index in [1.165, 1.54) is 6.42 Å². The lowest BCUT2D eigenvalue weighted by atomic mass is 9.90. The molecule has 1 N–H and O–H groups in total. The average molecular weight is 290 g/mol. The van der Waals surface area contributed by atoms with Crippen LogP contribution in [0.15, 0.2) is 12.4 Å². The number of hydrogen-bond donors (Lipinski definition) is 1. The predicted molar refractivity (Wildman–Crippen MR) is 79.3 cm³/mol. The highest BCUT2D eigenvalue weighted by Crippen LogP contribution is 2.23. The minimum atomic E-state index is 0.139. The summed E-state index contributed by atoms with van der Waals surface area (Å²) in [7, 11) is 1.60. The topological polar surface area (TPSA) is 67.3 Å². The minimum Gasteiger partial charge on any atom is -0.494 e. The number of piperidine rings is 1. The van der Waals surface area contributed by atoms with Crippen LogP contribution in [0.5, 0.6) is 5.75 Å². The fourth-order valence-corrected chi connectivity index (χ4v) is 2.79. The van der Waals surface area contributed by atoms with Gasteiger partial charge in [-0.25, -0.2) is 9.97 Å². The summed E-state index contributed by atoms with van der Waals surface area (Å²) in [5.41, 5.74) is 0. The lowest BCUT2D eigenvalue weighted by molar-refractivity contribution is -0.126. The van der Waals surface area contributed by atoms with Crippen LogP contribution in [-0.2, 0) is 4.79 Å². The first-order valence-electron chi connectivity index (χ1n) is 7.67. The fraction of sp³-hybridized carbons (Fsp3) is 0.667. The highest BCUT2D eigenvalue weighted by atomic mass is 16.5. The molecular formula is C15H22N4O2. The summed E-state index contributed by atoms with van der Waals surface area (Å²) < 4.78 is 5.06. The van der Waals surface area contributed by atoms with Crippen molar-refractivity contribution >= 4 is 11.9 Å². The lowest BCUT2D eigenvalue weighted by Crippen LogP contribution is -2.46. The smallest absolute Gasteiger partial charge is 0.225 e. The molecule has 1 aromatic rings. The molecule has 1 aromatic heterocycles. The van der Waals surface area contributed by atoms with E-state index < -0.39 is 0 Å². The normalized spacial score (nSPS) is 20.0. The van der Waals surface area contributed by atoms with E-state index in [0.717, 1.165) is 38.8 Å². The molecule has 1 amide bonds. The van der Waals surface area contributed by atoms with E-state index in [1.54, 1.807) is 19.5 Å². The van der Waals surface area contributed by atoms with Gasteiger partial charge in [-0.1, -0.05) is 0 Å². The van der Waals surface area contributed by atoms with Gasteiger partial charge in [0.2, 0.25) is 11.9 Å². The van der Waals surface area contributed by atoms with Gasteiger partial charge >= 0.3 is 0 Å². The molecule has 1 saturated heterocycles. The Morgan fingerprint density at radius 3 is 2.43 bits per heavy atom. The standard InChI is InChI=1S/C15H22N4O2/c1-21-13-9-16-15(17-10-13)19-7-5-11(6-8-19)14(20)18-12-3-2-4-12/h9-12H,2-8H2,1H3,(H,18,20). The van der Waals surface area contributed by atoms with Gasteiger partial charge in [0.25, 0.3) is 0 Å². The van der Waals surface area contributed by atoms with Crippen LogP contribution in [0.4, 0.5) is 5.95 Å².